The second-order valence-electron chi connectivity index (χ2n) is 4.31. The van der Waals surface area contributed by atoms with Gasteiger partial charge in [0.1, 0.15) is 11.5 Å². The van der Waals surface area contributed by atoms with Crippen LogP contribution in [0.15, 0.2) is 42.9 Å². The van der Waals surface area contributed by atoms with E-state index in [1.807, 2.05) is 6.92 Å². The number of aryl methyl sites for hydroxylation is 1. The fourth-order valence-electron chi connectivity index (χ4n) is 1.78. The van der Waals surface area contributed by atoms with Crippen LogP contribution in [0.3, 0.4) is 0 Å². The molecule has 0 bridgehead atoms. The van der Waals surface area contributed by atoms with Gasteiger partial charge in [0.05, 0.1) is 24.7 Å². The first-order valence-corrected chi connectivity index (χ1v) is 7.33. The highest BCUT2D eigenvalue weighted by molar-refractivity contribution is 7.98. The van der Waals surface area contributed by atoms with Crippen LogP contribution in [0.5, 0.6) is 0 Å². The number of carbonyl (C=O) groups excluding carboxylic acids is 1. The predicted octanol–water partition coefficient (Wildman–Crippen LogP) is 3.31. The van der Waals surface area contributed by atoms with Gasteiger partial charge in [0.2, 0.25) is 5.76 Å². The molecule has 22 heavy (non-hydrogen) atoms. The Morgan fingerprint density at radius 3 is 2.86 bits per heavy atom. The third kappa shape index (κ3) is 2.91. The number of esters is 1. The second kappa shape index (κ2) is 6.10. The Morgan fingerprint density at radius 2 is 2.14 bits per heavy atom. The van der Waals surface area contributed by atoms with Gasteiger partial charge in [-0.25, -0.2) is 4.79 Å². The molecule has 0 aliphatic carbocycles. The molecule has 0 unspecified atom stereocenters. The van der Waals surface area contributed by atoms with E-state index in [0.29, 0.717) is 28.4 Å². The average Bonchev–Trinajstić information content (AvgIpc) is 3.24. The molecule has 0 aromatic carbocycles. The number of nitrogens with zero attached hydrogens (tertiary/aromatic N) is 2. The highest BCUT2D eigenvalue weighted by Gasteiger charge is 2.15. The predicted molar refractivity (Wildman–Crippen MR) is 76.3 cm³/mol. The van der Waals surface area contributed by atoms with Crippen LogP contribution in [0.2, 0.25) is 0 Å². The van der Waals surface area contributed by atoms with Crippen LogP contribution in [0, 0.1) is 6.92 Å². The zero-order valence-corrected chi connectivity index (χ0v) is 12.7. The van der Waals surface area contributed by atoms with Crippen LogP contribution in [0.1, 0.15) is 22.1 Å². The first kappa shape index (κ1) is 14.5. The van der Waals surface area contributed by atoms with Crippen molar-refractivity contribution in [3.05, 3.63) is 41.7 Å². The minimum absolute atomic E-state index is 0.165. The van der Waals surface area contributed by atoms with Gasteiger partial charge in [-0.1, -0.05) is 11.8 Å². The van der Waals surface area contributed by atoms with E-state index in [1.54, 1.807) is 24.5 Å². The van der Waals surface area contributed by atoms with Crippen LogP contribution in [0.25, 0.3) is 11.5 Å². The van der Waals surface area contributed by atoms with Crippen LogP contribution in [-0.2, 0) is 10.5 Å². The average molecular weight is 320 g/mol. The number of carbonyl (C=O) groups is 1. The minimum atomic E-state index is -0.508. The van der Waals surface area contributed by atoms with Gasteiger partial charge in [0, 0.05) is 0 Å². The Kier molecular flexibility index (Phi) is 4.01. The topological polar surface area (TPSA) is 91.5 Å². The second-order valence-corrected chi connectivity index (χ2v) is 5.24. The molecule has 0 spiro atoms. The Labute approximate surface area is 129 Å². The zero-order valence-electron chi connectivity index (χ0n) is 11.9. The molecule has 7 nitrogen and oxygen atoms in total. The number of ether oxygens (including phenoxy) is 1. The molecule has 0 radical (unpaired) electrons. The zero-order chi connectivity index (χ0) is 15.5. The molecule has 3 rings (SSSR count). The maximum Gasteiger partial charge on any atom is 0.373 e. The van der Waals surface area contributed by atoms with E-state index in [0.717, 1.165) is 5.56 Å². The number of thioether (sulfide) groups is 1. The third-order valence-corrected chi connectivity index (χ3v) is 3.72. The first-order chi connectivity index (χ1) is 10.7. The highest BCUT2D eigenvalue weighted by atomic mass is 32.2. The third-order valence-electron chi connectivity index (χ3n) is 2.88. The van der Waals surface area contributed by atoms with Gasteiger partial charge in [-0.05, 0) is 25.1 Å². The molecule has 0 saturated carbocycles. The molecule has 0 fully saturated rings. The maximum atomic E-state index is 11.3. The number of hydrogen-bond acceptors (Lipinski definition) is 8. The molecule has 0 N–H and O–H groups in total. The summed E-state index contributed by atoms with van der Waals surface area (Å²) in [5.41, 5.74) is 0.769. The van der Waals surface area contributed by atoms with Crippen molar-refractivity contribution in [3.63, 3.8) is 0 Å². The summed E-state index contributed by atoms with van der Waals surface area (Å²) in [4.78, 5) is 11.3. The Hall–Kier alpha value is -2.48. The van der Waals surface area contributed by atoms with E-state index >= 15 is 0 Å². The van der Waals surface area contributed by atoms with Gasteiger partial charge in [0.25, 0.3) is 11.1 Å². The van der Waals surface area contributed by atoms with Crippen molar-refractivity contribution in [1.82, 2.24) is 10.2 Å². The van der Waals surface area contributed by atoms with Crippen LogP contribution in [0.4, 0.5) is 0 Å². The number of furan rings is 2. The molecular weight excluding hydrogens is 308 g/mol. The molecule has 0 aliphatic rings. The summed E-state index contributed by atoms with van der Waals surface area (Å²) in [7, 11) is 1.30. The normalized spacial score (nSPS) is 10.8. The van der Waals surface area contributed by atoms with Gasteiger partial charge in [-0.15, -0.1) is 10.2 Å². The number of methoxy groups -OCH3 is 1. The van der Waals surface area contributed by atoms with Crippen molar-refractivity contribution in [2.75, 3.05) is 7.11 Å². The fourth-order valence-corrected chi connectivity index (χ4v) is 2.44. The highest BCUT2D eigenvalue weighted by Crippen LogP contribution is 2.28. The van der Waals surface area contributed by atoms with Gasteiger partial charge >= 0.3 is 5.97 Å². The lowest BCUT2D eigenvalue weighted by Crippen LogP contribution is -1.98. The first-order valence-electron chi connectivity index (χ1n) is 6.35. The quantitative estimate of drug-likeness (QED) is 0.522. The summed E-state index contributed by atoms with van der Waals surface area (Å²) >= 11 is 1.31. The van der Waals surface area contributed by atoms with E-state index in [1.165, 1.54) is 18.9 Å². The molecule has 3 aromatic rings. The van der Waals surface area contributed by atoms with Gasteiger partial charge in [-0.2, -0.15) is 0 Å². The van der Waals surface area contributed by atoms with E-state index in [4.69, 9.17) is 13.3 Å². The van der Waals surface area contributed by atoms with Crippen LogP contribution in [-0.4, -0.2) is 23.3 Å². The fraction of sp³-hybridized carbons (Fsp3) is 0.214. The van der Waals surface area contributed by atoms with Crippen LogP contribution < -0.4 is 0 Å². The molecule has 0 aliphatic heterocycles. The Morgan fingerprint density at radius 1 is 1.27 bits per heavy atom. The molecular formula is C14H12N2O5S. The molecule has 114 valence electrons. The van der Waals surface area contributed by atoms with Crippen molar-refractivity contribution in [1.29, 1.82) is 0 Å². The van der Waals surface area contributed by atoms with E-state index in [-0.39, 0.29) is 5.76 Å². The summed E-state index contributed by atoms with van der Waals surface area (Å²) < 4.78 is 20.7. The summed E-state index contributed by atoms with van der Waals surface area (Å²) in [6.45, 7) is 1.82. The summed E-state index contributed by atoms with van der Waals surface area (Å²) in [6, 6.07) is 5.04. The molecule has 0 saturated heterocycles. The van der Waals surface area contributed by atoms with Crippen molar-refractivity contribution in [2.45, 2.75) is 17.9 Å². The molecule has 3 aromatic heterocycles. The molecule has 3 heterocycles. The van der Waals surface area contributed by atoms with Gasteiger partial charge in [-0.3, -0.25) is 0 Å². The largest absolute Gasteiger partial charge is 0.469 e. The summed E-state index contributed by atoms with van der Waals surface area (Å²) in [5, 5.41) is 8.34. The number of aromatic nitrogens is 2. The smallest absolute Gasteiger partial charge is 0.373 e. The SMILES string of the molecule is COC(=O)c1ccc(CSc2nnc(-c3ccoc3C)o2)o1. The lowest BCUT2D eigenvalue weighted by Gasteiger charge is -1.94. The molecule has 8 heteroatoms. The summed E-state index contributed by atoms with van der Waals surface area (Å²) in [6.07, 6.45) is 1.57. The van der Waals surface area contributed by atoms with Crippen LogP contribution >= 0.6 is 11.8 Å². The summed E-state index contributed by atoms with van der Waals surface area (Å²) in [5.74, 6) is 1.86. The van der Waals surface area contributed by atoms with Crippen molar-refractivity contribution >= 4 is 17.7 Å². The monoisotopic (exact) mass is 320 g/mol. The molecule has 0 atom stereocenters. The van der Waals surface area contributed by atoms with Gasteiger partial charge < -0.3 is 18.0 Å². The Balaban J connectivity index is 1.65. The van der Waals surface area contributed by atoms with Crippen molar-refractivity contribution in [2.24, 2.45) is 0 Å². The lowest BCUT2D eigenvalue weighted by molar-refractivity contribution is 0.0563. The standard InChI is InChI=1S/C14H12N2O5S/c1-8-10(5-6-19-8)12-15-16-14(21-12)22-7-9-3-4-11(20-9)13(17)18-2/h3-6H,7H2,1-2H3. The lowest BCUT2D eigenvalue weighted by atomic mass is 10.3. The Bertz CT molecular complexity index is 789. The van der Waals surface area contributed by atoms with E-state index in [9.17, 15) is 4.79 Å². The maximum absolute atomic E-state index is 11.3. The number of rotatable bonds is 5. The van der Waals surface area contributed by atoms with Crippen molar-refractivity contribution in [3.8, 4) is 11.5 Å². The molecule has 0 amide bonds. The van der Waals surface area contributed by atoms with E-state index < -0.39 is 5.97 Å². The van der Waals surface area contributed by atoms with Gasteiger partial charge in [0.15, 0.2) is 0 Å². The number of hydrogen-bond donors (Lipinski definition) is 0. The van der Waals surface area contributed by atoms with Crippen molar-refractivity contribution < 1.29 is 22.8 Å². The van der Waals surface area contributed by atoms with E-state index in [2.05, 4.69) is 14.9 Å². The minimum Gasteiger partial charge on any atom is -0.469 e.